The Bertz CT molecular complexity index is 2240. The summed E-state index contributed by atoms with van der Waals surface area (Å²) in [5.41, 5.74) is -1.84. The van der Waals surface area contributed by atoms with Crippen LogP contribution < -0.4 is 5.32 Å². The van der Waals surface area contributed by atoms with Crippen molar-refractivity contribution in [3.05, 3.63) is 65.0 Å². The fourth-order valence-corrected chi connectivity index (χ4v) is 18.8. The van der Waals surface area contributed by atoms with Crippen LogP contribution in [0.5, 0.6) is 0 Å². The number of carbonyl (C=O) groups excluding carboxylic acids is 6. The van der Waals surface area contributed by atoms with Crippen molar-refractivity contribution < 1.29 is 43.0 Å². The zero-order valence-electron chi connectivity index (χ0n) is 30.3. The lowest BCUT2D eigenvalue weighted by Gasteiger charge is -2.59. The molecule has 0 unspecified atom stereocenters. The smallest absolute Gasteiger partial charge is 0.306 e. The van der Waals surface area contributed by atoms with Gasteiger partial charge >= 0.3 is 5.97 Å². The first-order valence-electron chi connectivity index (χ1n) is 18.1. The summed E-state index contributed by atoms with van der Waals surface area (Å²) in [5, 5.41) is 17.2. The van der Waals surface area contributed by atoms with Gasteiger partial charge in [0.1, 0.15) is 23.9 Å². The zero-order chi connectivity index (χ0) is 39.0. The van der Waals surface area contributed by atoms with E-state index in [1.807, 2.05) is 6.92 Å². The number of Topliss-reactive ketones (excluding diaryl/α,β-unsaturated/α-hetero) is 1. The van der Waals surface area contributed by atoms with E-state index >= 15 is 18.8 Å². The molecule has 10 aliphatic rings. The van der Waals surface area contributed by atoms with Crippen molar-refractivity contribution in [3.8, 4) is 0 Å². The largest absolute Gasteiger partial charge is 0.457 e. The van der Waals surface area contributed by atoms with Crippen molar-refractivity contribution in [1.82, 2.24) is 19.6 Å². The number of carbonyl (C=O) groups is 6. The third kappa shape index (κ3) is 3.54. The van der Waals surface area contributed by atoms with E-state index in [0.717, 1.165) is 32.4 Å². The number of amides is 4. The number of ketones is 1. The van der Waals surface area contributed by atoms with Gasteiger partial charge in [-0.25, -0.2) is 4.39 Å². The quantitative estimate of drug-likeness (QED) is 0.324. The Morgan fingerprint density at radius 3 is 2.33 bits per heavy atom. The number of benzene rings is 2. The lowest BCUT2D eigenvalue weighted by Crippen LogP contribution is -2.77. The first-order chi connectivity index (χ1) is 26.1. The Kier molecular flexibility index (Phi) is 7.14. The second kappa shape index (κ2) is 10.9. The van der Waals surface area contributed by atoms with Crippen molar-refractivity contribution in [2.24, 2.45) is 0 Å². The number of anilines is 1. The van der Waals surface area contributed by atoms with Crippen LogP contribution >= 0.6 is 43.2 Å². The lowest BCUT2D eigenvalue weighted by atomic mass is 9.51. The van der Waals surface area contributed by atoms with Gasteiger partial charge in [-0.15, -0.1) is 0 Å². The summed E-state index contributed by atoms with van der Waals surface area (Å²) in [5.74, 6) is -3.58. The molecule has 2 aromatic rings. The van der Waals surface area contributed by atoms with Crippen LogP contribution in [-0.2, 0) is 50.8 Å². The molecule has 8 fully saturated rings. The van der Waals surface area contributed by atoms with Crippen LogP contribution in [0.15, 0.2) is 42.5 Å². The number of rotatable bonds is 6. The van der Waals surface area contributed by atoms with Crippen molar-refractivity contribution in [2.45, 2.75) is 101 Å². The SMILES string of the molecule is CC[C@@]12SS[C@]3(C(=O)N1C)[C@@H](O)[C@]1([C@@]45c6ccccc6N[C@@H]4N4C(=O)[C@]6(C)SS[C@]4(C(=O)N6C)[C@H]5OC(=O)CCC(C)=O)c4cc(F)ccc4C[C@@H]1N3C2=O. The maximum absolute atomic E-state index is 16.0. The van der Waals surface area contributed by atoms with Crippen molar-refractivity contribution in [3.63, 3.8) is 0 Å². The maximum atomic E-state index is 16.0. The lowest BCUT2D eigenvalue weighted by molar-refractivity contribution is -0.173. The van der Waals surface area contributed by atoms with E-state index in [-0.39, 0.29) is 37.4 Å². The summed E-state index contributed by atoms with van der Waals surface area (Å²) in [6, 6.07) is 10.3. The number of aliphatic hydroxyl groups is 1. The molecule has 8 saturated heterocycles. The molecule has 55 heavy (non-hydrogen) atoms. The number of aliphatic hydroxyl groups excluding tert-OH is 1. The van der Waals surface area contributed by atoms with Crippen LogP contribution in [0.4, 0.5) is 10.1 Å². The van der Waals surface area contributed by atoms with E-state index < -0.39 is 84.2 Å². The van der Waals surface area contributed by atoms with E-state index in [0.29, 0.717) is 22.4 Å². The minimum Gasteiger partial charge on any atom is -0.457 e. The minimum absolute atomic E-state index is 0.0955. The Labute approximate surface area is 330 Å². The van der Waals surface area contributed by atoms with Crippen LogP contribution in [0, 0.1) is 5.82 Å². The monoisotopic (exact) mass is 825 g/mol. The van der Waals surface area contributed by atoms with Crippen LogP contribution in [0.25, 0.3) is 0 Å². The molecule has 9 aliphatic heterocycles. The van der Waals surface area contributed by atoms with Gasteiger partial charge < -0.3 is 34.7 Å². The Morgan fingerprint density at radius 2 is 1.60 bits per heavy atom. The summed E-state index contributed by atoms with van der Waals surface area (Å²) in [6.45, 7) is 4.82. The molecular weight excluding hydrogens is 790 g/mol. The second-order valence-electron chi connectivity index (χ2n) is 15.8. The first-order valence-corrected chi connectivity index (χ1v) is 22.4. The van der Waals surface area contributed by atoms with E-state index in [4.69, 9.17) is 4.74 Å². The molecule has 12 rings (SSSR count). The van der Waals surface area contributed by atoms with Crippen LogP contribution in [-0.4, -0.2) is 118 Å². The summed E-state index contributed by atoms with van der Waals surface area (Å²) < 4.78 is 22.6. The molecule has 18 heteroatoms. The molecule has 0 radical (unpaired) electrons. The minimum atomic E-state index is -1.93. The number of nitrogens with zero attached hydrogens (tertiary/aromatic N) is 4. The van der Waals surface area contributed by atoms with Gasteiger partial charge in [0.25, 0.3) is 23.6 Å². The number of piperazine rings is 2. The highest BCUT2D eigenvalue weighted by Crippen LogP contribution is 2.79. The number of hydrogen-bond donors (Lipinski definition) is 2. The molecule has 4 bridgehead atoms. The number of likely N-dealkylation sites (N-methyl/N-ethyl adjacent to an activating group) is 2. The highest BCUT2D eigenvalue weighted by atomic mass is 33.1. The summed E-state index contributed by atoms with van der Waals surface area (Å²) >= 11 is 0. The van der Waals surface area contributed by atoms with Crippen molar-refractivity contribution >= 4 is 84.2 Å². The summed E-state index contributed by atoms with van der Waals surface area (Å²) in [6.07, 6.45) is -4.72. The summed E-state index contributed by atoms with van der Waals surface area (Å²) in [4.78, 5) is 86.0. The molecule has 288 valence electrons. The number of nitrogens with one attached hydrogen (secondary N) is 1. The average Bonchev–Trinajstić information content (AvgIpc) is 3.81. The predicted octanol–water partition coefficient (Wildman–Crippen LogP) is 2.95. The van der Waals surface area contributed by atoms with Crippen LogP contribution in [0.1, 0.15) is 56.7 Å². The van der Waals surface area contributed by atoms with Crippen molar-refractivity contribution in [1.29, 1.82) is 0 Å². The van der Waals surface area contributed by atoms with Gasteiger partial charge in [0.15, 0.2) is 15.8 Å². The molecule has 9 heterocycles. The Hall–Kier alpha value is -3.45. The normalized spacial score (nSPS) is 41.2. The standard InChI is InChI=1S/C37H36FN5O8S4/c1-6-33-29(48)42-23-15-18-12-13-19(38)16-21(18)34(23,25(46)36(42,54-53-33)30(49)41(33)5)35-20-9-7-8-10-22(20)39-27(35)43-28(47)32(3)40(4)31(50)37(43,55-52-32)26(35)51-24(45)14-11-17(2)44/h7-10,12-13,16,23,25-27,39,46H,6,11,14-15H2,1-5H3/t23-,25-,26-,27+,32-,33-,34-,35+,36-,37-/m0/s1. The molecule has 1 aliphatic carbocycles. The van der Waals surface area contributed by atoms with Gasteiger partial charge in [0, 0.05) is 26.2 Å². The van der Waals surface area contributed by atoms with E-state index in [9.17, 15) is 19.5 Å². The van der Waals surface area contributed by atoms with E-state index in [1.54, 1.807) is 44.3 Å². The molecule has 13 nitrogen and oxygen atoms in total. The summed E-state index contributed by atoms with van der Waals surface area (Å²) in [7, 11) is 7.65. The highest BCUT2D eigenvalue weighted by molar-refractivity contribution is 8.78. The van der Waals surface area contributed by atoms with Gasteiger partial charge in [-0.1, -0.05) is 52.8 Å². The third-order valence-corrected chi connectivity index (χ3v) is 21.2. The number of para-hydroxylation sites is 1. The number of fused-ring (bicyclic) bond motifs is 11. The molecule has 0 saturated carbocycles. The van der Waals surface area contributed by atoms with Crippen LogP contribution in [0.3, 0.4) is 0 Å². The number of hydrogen-bond acceptors (Lipinski definition) is 13. The molecule has 2 N–H and O–H groups in total. The number of halogens is 1. The maximum Gasteiger partial charge on any atom is 0.306 e. The number of esters is 1. The third-order valence-electron chi connectivity index (χ3n) is 13.7. The van der Waals surface area contributed by atoms with Gasteiger partial charge in [-0.05, 0) is 83.2 Å². The zero-order valence-corrected chi connectivity index (χ0v) is 33.6. The van der Waals surface area contributed by atoms with E-state index in [1.165, 1.54) is 56.5 Å². The van der Waals surface area contributed by atoms with Crippen LogP contribution in [0.2, 0.25) is 0 Å². The molecule has 2 spiro atoms. The number of ether oxygens (including phenoxy) is 1. The molecule has 2 aromatic carbocycles. The molecule has 10 atom stereocenters. The van der Waals surface area contributed by atoms with Gasteiger partial charge in [-0.2, -0.15) is 0 Å². The molecule has 0 aromatic heterocycles. The highest BCUT2D eigenvalue weighted by Gasteiger charge is 2.93. The van der Waals surface area contributed by atoms with Gasteiger partial charge in [0.2, 0.25) is 9.74 Å². The van der Waals surface area contributed by atoms with Gasteiger partial charge in [0.05, 0.1) is 23.3 Å². The Morgan fingerprint density at radius 1 is 0.891 bits per heavy atom. The fourth-order valence-electron chi connectivity index (χ4n) is 11.2. The first kappa shape index (κ1) is 35.9. The average molecular weight is 826 g/mol. The van der Waals surface area contributed by atoms with E-state index in [2.05, 4.69) is 5.32 Å². The topological polar surface area (TPSA) is 157 Å². The second-order valence-corrected chi connectivity index (χ2v) is 21.1. The fraction of sp³-hybridized carbons (Fsp3) is 0.514. The Balaban J connectivity index is 1.35. The predicted molar refractivity (Wildman–Crippen MR) is 203 cm³/mol. The molecular formula is C37H36FN5O8S4. The van der Waals surface area contributed by atoms with Crippen molar-refractivity contribution in [2.75, 3.05) is 19.4 Å². The molecule has 4 amide bonds. The van der Waals surface area contributed by atoms with Gasteiger partial charge in [-0.3, -0.25) is 28.9 Å².